The van der Waals surface area contributed by atoms with E-state index in [9.17, 15) is 0 Å². The monoisotopic (exact) mass is 215 g/mol. The summed E-state index contributed by atoms with van der Waals surface area (Å²) in [6, 6.07) is 5.74. The van der Waals surface area contributed by atoms with Gasteiger partial charge in [0.15, 0.2) is 0 Å². The van der Waals surface area contributed by atoms with E-state index >= 15 is 0 Å². The maximum absolute atomic E-state index is 4.72. The molecule has 0 bridgehead atoms. The fourth-order valence-corrected chi connectivity index (χ4v) is 1.39. The van der Waals surface area contributed by atoms with Crippen LogP contribution in [0.25, 0.3) is 0 Å². The summed E-state index contributed by atoms with van der Waals surface area (Å²) in [5, 5.41) is 2.11. The van der Waals surface area contributed by atoms with Crippen LogP contribution < -0.4 is 14.5 Å². The van der Waals surface area contributed by atoms with E-state index in [1.807, 2.05) is 18.2 Å². The summed E-state index contributed by atoms with van der Waals surface area (Å²) in [5.41, 5.74) is 0. The molecular weight excluding hydrogens is 209 g/mol. The molecule has 0 N–H and O–H groups in total. The Hall–Kier alpha value is 0.374. The van der Waals surface area contributed by atoms with Gasteiger partial charge in [0.1, 0.15) is 0 Å². The van der Waals surface area contributed by atoms with E-state index in [1.165, 1.54) is 0 Å². The van der Waals surface area contributed by atoms with Crippen LogP contribution in [0.1, 0.15) is 0 Å². The van der Waals surface area contributed by atoms with Crippen LogP contribution in [0.5, 0.6) is 5.75 Å². The van der Waals surface area contributed by atoms with Crippen molar-refractivity contribution >= 4 is 29.1 Å². The summed E-state index contributed by atoms with van der Waals surface area (Å²) < 4.78 is 4.72. The molecular formula is C6H7NiOP2. The Morgan fingerprint density at radius 1 is 1.30 bits per heavy atom. The topological polar surface area (TPSA) is 9.23 Å². The van der Waals surface area contributed by atoms with E-state index in [2.05, 4.69) is 34.3 Å². The molecule has 1 nitrogen and oxygen atoms in total. The third-order valence-electron chi connectivity index (χ3n) is 1.17. The zero-order valence-electron chi connectivity index (χ0n) is 5.11. The molecule has 0 saturated heterocycles. The molecule has 0 aliphatic heterocycles. The Balaban J connectivity index is 3.14. The first-order valence-corrected chi connectivity index (χ1v) is 4.21. The van der Waals surface area contributed by atoms with Gasteiger partial charge in [-0.15, -0.1) is 0 Å². The average molecular weight is 216 g/mol. The van der Waals surface area contributed by atoms with Crippen LogP contribution >= 0.6 is 18.5 Å². The molecule has 0 saturated carbocycles. The molecule has 0 spiro atoms. The van der Waals surface area contributed by atoms with Gasteiger partial charge in [-0.3, -0.25) is 0 Å². The molecule has 0 aromatic heterocycles. The summed E-state index contributed by atoms with van der Waals surface area (Å²) in [6.07, 6.45) is 0. The Morgan fingerprint density at radius 3 is 2.50 bits per heavy atom. The molecule has 0 aliphatic rings. The second-order valence-electron chi connectivity index (χ2n) is 1.82. The molecule has 2 unspecified atom stereocenters. The first-order valence-electron chi connectivity index (χ1n) is 2.65. The number of hydrogen-bond donors (Lipinski definition) is 0. The average Bonchev–Trinajstić information content (AvgIpc) is 1.95. The zero-order valence-corrected chi connectivity index (χ0v) is 8.41. The predicted molar refractivity (Wildman–Crippen MR) is 45.8 cm³/mol. The molecule has 1 aromatic rings. The van der Waals surface area contributed by atoms with Crippen LogP contribution in [0.2, 0.25) is 0 Å². The van der Waals surface area contributed by atoms with Gasteiger partial charge >= 0.3 is 72.7 Å². The predicted octanol–water partition coefficient (Wildman–Crippen LogP) is 0.528. The minimum atomic E-state index is 0.748. The van der Waals surface area contributed by atoms with Gasteiger partial charge in [0.2, 0.25) is 0 Å². The Bertz CT molecular complexity index is 239. The van der Waals surface area contributed by atoms with Crippen LogP contribution in [0.4, 0.5) is 0 Å². The van der Waals surface area contributed by atoms with E-state index < -0.39 is 0 Å². The van der Waals surface area contributed by atoms with E-state index in [0.717, 1.165) is 16.4 Å². The van der Waals surface area contributed by atoms with Gasteiger partial charge < -0.3 is 0 Å². The summed E-state index contributed by atoms with van der Waals surface area (Å²) in [4.78, 5) is 0. The molecule has 2 atom stereocenters. The number of hydrogen-bond acceptors (Lipinski definition) is 1. The molecule has 0 radical (unpaired) electrons. The van der Waals surface area contributed by atoms with E-state index in [4.69, 9.17) is 3.88 Å². The van der Waals surface area contributed by atoms with Crippen LogP contribution in [0.15, 0.2) is 18.2 Å². The molecule has 0 fully saturated rings. The molecule has 1 aromatic carbocycles. The third-order valence-corrected chi connectivity index (χ3v) is 2.84. The van der Waals surface area contributed by atoms with Crippen molar-refractivity contribution in [2.24, 2.45) is 0 Å². The standard InChI is InChI=1S/C6H8OP2.Ni/c7-4-2-1-3-5(8)6(4)9;/h1-3,7H,8-9H2;/q;+1/p-1. The quantitative estimate of drug-likeness (QED) is 0.491. The SMILES string of the molecule is Pc1cccc([O][Ni])c1P. The molecule has 10 heavy (non-hydrogen) atoms. The molecule has 0 amide bonds. The van der Waals surface area contributed by atoms with Crippen molar-refractivity contribution in [1.82, 2.24) is 0 Å². The normalized spacial score (nSPS) is 9.60. The zero-order chi connectivity index (χ0) is 7.56. The minimum absolute atomic E-state index is 0.748. The fourth-order valence-electron chi connectivity index (χ4n) is 0.617. The first-order chi connectivity index (χ1) is 4.75. The molecule has 1 rings (SSSR count). The van der Waals surface area contributed by atoms with Crippen molar-refractivity contribution in [3.05, 3.63) is 18.2 Å². The van der Waals surface area contributed by atoms with Gasteiger partial charge in [-0.05, 0) is 0 Å². The van der Waals surface area contributed by atoms with Gasteiger partial charge in [0.25, 0.3) is 0 Å². The fraction of sp³-hybridized carbons (Fsp3) is 0. The van der Waals surface area contributed by atoms with Crippen molar-refractivity contribution in [1.29, 1.82) is 0 Å². The third kappa shape index (κ3) is 1.70. The Labute approximate surface area is 73.0 Å². The van der Waals surface area contributed by atoms with E-state index in [1.54, 1.807) is 0 Å². The van der Waals surface area contributed by atoms with Crippen molar-refractivity contribution in [2.75, 3.05) is 0 Å². The molecule has 4 heteroatoms. The van der Waals surface area contributed by atoms with Crippen molar-refractivity contribution in [2.45, 2.75) is 0 Å². The second kappa shape index (κ2) is 3.67. The Kier molecular flexibility index (Phi) is 3.11. The van der Waals surface area contributed by atoms with Gasteiger partial charge in [0, 0.05) is 0 Å². The maximum atomic E-state index is 4.72. The summed E-state index contributed by atoms with van der Waals surface area (Å²) >= 11 is 4.17. The van der Waals surface area contributed by atoms with E-state index in [-0.39, 0.29) is 0 Å². The van der Waals surface area contributed by atoms with Crippen LogP contribution in [-0.2, 0) is 15.8 Å². The van der Waals surface area contributed by atoms with Crippen molar-refractivity contribution in [3.63, 3.8) is 0 Å². The van der Waals surface area contributed by atoms with Crippen LogP contribution in [0, 0.1) is 0 Å². The molecule has 0 heterocycles. The van der Waals surface area contributed by atoms with Crippen LogP contribution in [-0.4, -0.2) is 0 Å². The summed E-state index contributed by atoms with van der Waals surface area (Å²) in [7, 11) is 5.19. The summed E-state index contributed by atoms with van der Waals surface area (Å²) in [6.45, 7) is 0. The molecule has 0 aliphatic carbocycles. The number of rotatable bonds is 1. The first kappa shape index (κ1) is 8.47. The van der Waals surface area contributed by atoms with Gasteiger partial charge in [-0.1, -0.05) is 0 Å². The van der Waals surface area contributed by atoms with Gasteiger partial charge in [0.05, 0.1) is 0 Å². The second-order valence-corrected chi connectivity index (χ2v) is 3.22. The van der Waals surface area contributed by atoms with Gasteiger partial charge in [-0.25, -0.2) is 0 Å². The van der Waals surface area contributed by atoms with Crippen LogP contribution in [0.3, 0.4) is 0 Å². The van der Waals surface area contributed by atoms with Gasteiger partial charge in [-0.2, -0.15) is 0 Å². The molecule has 57 valence electrons. The van der Waals surface area contributed by atoms with E-state index in [0.29, 0.717) is 0 Å². The van der Waals surface area contributed by atoms with Crippen molar-refractivity contribution < 1.29 is 19.7 Å². The van der Waals surface area contributed by atoms with Crippen molar-refractivity contribution in [3.8, 4) is 5.75 Å². The number of benzene rings is 1. The Morgan fingerprint density at radius 2 is 2.00 bits per heavy atom. The summed E-state index contributed by atoms with van der Waals surface area (Å²) in [5.74, 6) is 0.748.